The zero-order chi connectivity index (χ0) is 12.3. The molecule has 1 aliphatic heterocycles. The third-order valence-electron chi connectivity index (χ3n) is 3.10. The van der Waals surface area contributed by atoms with Crippen LogP contribution in [0.15, 0.2) is 30.3 Å². The molecule has 1 aromatic carbocycles. The molecule has 2 unspecified atom stereocenters. The second kappa shape index (κ2) is 5.29. The Kier molecular flexibility index (Phi) is 3.76. The molecule has 92 valence electrons. The summed E-state index contributed by atoms with van der Waals surface area (Å²) in [6.45, 7) is 1.69. The number of carbonyl (C=O) groups is 1. The zero-order valence-electron chi connectivity index (χ0n) is 10.2. The topological polar surface area (TPSA) is 41.6 Å². The van der Waals surface area contributed by atoms with Gasteiger partial charge in [-0.25, -0.2) is 0 Å². The number of likely N-dealkylation sites (tertiary alicyclic amines) is 1. The van der Waals surface area contributed by atoms with Crippen LogP contribution in [0.1, 0.15) is 10.4 Å². The molecule has 1 N–H and O–H groups in total. The van der Waals surface area contributed by atoms with Gasteiger partial charge in [-0.1, -0.05) is 18.2 Å². The number of nitrogens with one attached hydrogen (secondary N) is 1. The van der Waals surface area contributed by atoms with E-state index in [9.17, 15) is 4.79 Å². The van der Waals surface area contributed by atoms with Crippen molar-refractivity contribution in [2.24, 2.45) is 0 Å². The van der Waals surface area contributed by atoms with Gasteiger partial charge in [-0.3, -0.25) is 4.79 Å². The van der Waals surface area contributed by atoms with E-state index in [4.69, 9.17) is 4.74 Å². The van der Waals surface area contributed by atoms with Crippen molar-refractivity contribution in [2.45, 2.75) is 12.1 Å². The molecule has 4 heteroatoms. The van der Waals surface area contributed by atoms with Crippen LogP contribution in [0.4, 0.5) is 0 Å². The Morgan fingerprint density at radius 3 is 2.71 bits per heavy atom. The van der Waals surface area contributed by atoms with Gasteiger partial charge in [0.15, 0.2) is 0 Å². The van der Waals surface area contributed by atoms with Gasteiger partial charge in [0.2, 0.25) is 0 Å². The summed E-state index contributed by atoms with van der Waals surface area (Å²) < 4.78 is 5.37. The molecular weight excluding hydrogens is 216 g/mol. The summed E-state index contributed by atoms with van der Waals surface area (Å²) in [5.41, 5.74) is 0.692. The molecule has 1 fully saturated rings. The maximum Gasteiger partial charge on any atom is 0.251 e. The van der Waals surface area contributed by atoms with Crippen molar-refractivity contribution in [3.8, 4) is 0 Å². The summed E-state index contributed by atoms with van der Waals surface area (Å²) >= 11 is 0. The lowest BCUT2D eigenvalue weighted by Crippen LogP contribution is -2.43. The molecule has 1 saturated heterocycles. The van der Waals surface area contributed by atoms with Crippen molar-refractivity contribution in [1.82, 2.24) is 10.2 Å². The minimum atomic E-state index is -0.0343. The molecule has 0 spiro atoms. The molecule has 0 aromatic heterocycles. The number of hydrogen-bond acceptors (Lipinski definition) is 3. The first-order valence-electron chi connectivity index (χ1n) is 5.78. The number of ether oxygens (including phenoxy) is 1. The number of methoxy groups -OCH3 is 1. The highest BCUT2D eigenvalue weighted by atomic mass is 16.5. The first-order chi connectivity index (χ1) is 8.20. The molecule has 0 radical (unpaired) electrons. The minimum Gasteiger partial charge on any atom is -0.378 e. The first kappa shape index (κ1) is 12.1. The number of likely N-dealkylation sites (N-methyl/N-ethyl adjacent to an activating group) is 1. The van der Waals surface area contributed by atoms with Crippen LogP contribution in [0.5, 0.6) is 0 Å². The van der Waals surface area contributed by atoms with Crippen molar-refractivity contribution in [1.29, 1.82) is 0 Å². The number of benzene rings is 1. The highest BCUT2D eigenvalue weighted by Gasteiger charge is 2.31. The van der Waals surface area contributed by atoms with Crippen molar-refractivity contribution in [2.75, 3.05) is 27.2 Å². The van der Waals surface area contributed by atoms with Gasteiger partial charge in [-0.15, -0.1) is 0 Å². The molecule has 1 heterocycles. The van der Waals surface area contributed by atoms with E-state index < -0.39 is 0 Å². The highest BCUT2D eigenvalue weighted by molar-refractivity contribution is 5.94. The number of nitrogens with zero attached hydrogens (tertiary/aromatic N) is 1. The van der Waals surface area contributed by atoms with Gasteiger partial charge in [0.1, 0.15) is 0 Å². The van der Waals surface area contributed by atoms with E-state index in [0.717, 1.165) is 13.1 Å². The zero-order valence-corrected chi connectivity index (χ0v) is 10.2. The van der Waals surface area contributed by atoms with Gasteiger partial charge in [-0.05, 0) is 19.2 Å². The summed E-state index contributed by atoms with van der Waals surface area (Å²) in [6.07, 6.45) is 0.0765. The van der Waals surface area contributed by atoms with Gasteiger partial charge in [0, 0.05) is 25.8 Å². The maximum atomic E-state index is 12.0. The fourth-order valence-corrected chi connectivity index (χ4v) is 2.18. The van der Waals surface area contributed by atoms with Gasteiger partial charge in [0.25, 0.3) is 5.91 Å². The lowest BCUT2D eigenvalue weighted by molar-refractivity contribution is 0.0766. The molecule has 0 aliphatic carbocycles. The molecule has 1 aromatic rings. The molecule has 0 saturated carbocycles. The summed E-state index contributed by atoms with van der Waals surface area (Å²) in [5.74, 6) is -0.0343. The van der Waals surface area contributed by atoms with E-state index in [1.807, 2.05) is 37.4 Å². The van der Waals surface area contributed by atoms with Crippen LogP contribution in [0.25, 0.3) is 0 Å². The molecule has 2 rings (SSSR count). The Balaban J connectivity index is 1.99. The minimum absolute atomic E-state index is 0.0343. The molecular formula is C13H18N2O2. The Hall–Kier alpha value is -1.39. The predicted octanol–water partition coefficient (Wildman–Crippen LogP) is 0.745. The fourth-order valence-electron chi connectivity index (χ4n) is 2.18. The Morgan fingerprint density at radius 1 is 1.35 bits per heavy atom. The highest BCUT2D eigenvalue weighted by Crippen LogP contribution is 2.11. The van der Waals surface area contributed by atoms with Gasteiger partial charge in [0.05, 0.1) is 12.1 Å². The Labute approximate surface area is 102 Å². The lowest BCUT2D eigenvalue weighted by atomic mass is 10.1. The molecule has 2 atom stereocenters. The molecule has 1 amide bonds. The van der Waals surface area contributed by atoms with Crippen molar-refractivity contribution in [3.05, 3.63) is 35.9 Å². The lowest BCUT2D eigenvalue weighted by Gasteiger charge is -2.18. The number of hydrogen-bond donors (Lipinski definition) is 1. The van der Waals surface area contributed by atoms with E-state index in [-0.39, 0.29) is 18.1 Å². The predicted molar refractivity (Wildman–Crippen MR) is 66.0 cm³/mol. The second-order valence-corrected chi connectivity index (χ2v) is 4.44. The van der Waals surface area contributed by atoms with Gasteiger partial charge >= 0.3 is 0 Å². The Bertz CT molecular complexity index is 380. The molecule has 0 bridgehead atoms. The number of amides is 1. The third-order valence-corrected chi connectivity index (χ3v) is 3.10. The second-order valence-electron chi connectivity index (χ2n) is 4.44. The summed E-state index contributed by atoms with van der Waals surface area (Å²) in [4.78, 5) is 14.1. The largest absolute Gasteiger partial charge is 0.378 e. The van der Waals surface area contributed by atoms with Gasteiger partial charge < -0.3 is 15.0 Å². The van der Waals surface area contributed by atoms with E-state index in [0.29, 0.717) is 5.56 Å². The van der Waals surface area contributed by atoms with Gasteiger partial charge in [-0.2, -0.15) is 0 Å². The quantitative estimate of drug-likeness (QED) is 0.839. The molecule has 4 nitrogen and oxygen atoms in total. The summed E-state index contributed by atoms with van der Waals surface area (Å²) in [7, 11) is 3.71. The van der Waals surface area contributed by atoms with E-state index in [2.05, 4.69) is 10.2 Å². The monoisotopic (exact) mass is 234 g/mol. The normalized spacial score (nSPS) is 24.8. The fraction of sp³-hybridized carbons (Fsp3) is 0.462. The Morgan fingerprint density at radius 2 is 2.06 bits per heavy atom. The van der Waals surface area contributed by atoms with Crippen LogP contribution < -0.4 is 5.32 Å². The average Bonchev–Trinajstić information content (AvgIpc) is 2.70. The standard InChI is InChI=1S/C13H18N2O2/c1-15-8-11(12(9-15)17-2)14-13(16)10-6-4-3-5-7-10/h3-7,11-12H,8-9H2,1-2H3,(H,14,16). The van der Waals surface area contributed by atoms with E-state index in [1.165, 1.54) is 0 Å². The third kappa shape index (κ3) is 2.84. The number of rotatable bonds is 3. The SMILES string of the molecule is COC1CN(C)CC1NC(=O)c1ccccc1. The first-order valence-corrected chi connectivity index (χ1v) is 5.78. The van der Waals surface area contributed by atoms with Crippen LogP contribution in [0.2, 0.25) is 0 Å². The molecule has 17 heavy (non-hydrogen) atoms. The van der Waals surface area contributed by atoms with Crippen molar-refractivity contribution in [3.63, 3.8) is 0 Å². The van der Waals surface area contributed by atoms with Crippen LogP contribution in [-0.2, 0) is 4.74 Å². The van der Waals surface area contributed by atoms with Crippen LogP contribution in [-0.4, -0.2) is 50.2 Å². The van der Waals surface area contributed by atoms with Crippen molar-refractivity contribution < 1.29 is 9.53 Å². The van der Waals surface area contributed by atoms with Crippen molar-refractivity contribution >= 4 is 5.91 Å². The smallest absolute Gasteiger partial charge is 0.251 e. The van der Waals surface area contributed by atoms with Crippen LogP contribution in [0, 0.1) is 0 Å². The maximum absolute atomic E-state index is 12.0. The summed E-state index contributed by atoms with van der Waals surface area (Å²) in [5, 5.41) is 3.02. The average molecular weight is 234 g/mol. The van der Waals surface area contributed by atoms with E-state index >= 15 is 0 Å². The van der Waals surface area contributed by atoms with E-state index in [1.54, 1.807) is 7.11 Å². The molecule has 1 aliphatic rings. The van der Waals surface area contributed by atoms with Crippen LogP contribution >= 0.6 is 0 Å². The summed E-state index contributed by atoms with van der Waals surface area (Å²) in [6, 6.07) is 9.33. The number of carbonyl (C=O) groups excluding carboxylic acids is 1. The van der Waals surface area contributed by atoms with Crippen LogP contribution in [0.3, 0.4) is 0 Å².